The van der Waals surface area contributed by atoms with E-state index < -0.39 is 0 Å². The van der Waals surface area contributed by atoms with Crippen LogP contribution >= 0.6 is 0 Å². The largest absolute Gasteiger partial charge is 0.311 e. The van der Waals surface area contributed by atoms with E-state index in [9.17, 15) is 0 Å². The number of rotatable bonds is 7. The molecule has 0 bridgehead atoms. The highest BCUT2D eigenvalue weighted by Gasteiger charge is 2.25. The van der Waals surface area contributed by atoms with Crippen molar-refractivity contribution in [3.05, 3.63) is 0 Å². The Balaban J connectivity index is 2.31. The van der Waals surface area contributed by atoms with Gasteiger partial charge in [-0.3, -0.25) is 4.90 Å². The predicted molar refractivity (Wildman–Crippen MR) is 71.9 cm³/mol. The Bertz CT molecular complexity index is 170. The summed E-state index contributed by atoms with van der Waals surface area (Å²) in [5.41, 5.74) is 0. The zero-order chi connectivity index (χ0) is 11.8. The van der Waals surface area contributed by atoms with Gasteiger partial charge in [0.05, 0.1) is 0 Å². The average Bonchev–Trinajstić information content (AvgIpc) is 2.34. The van der Waals surface area contributed by atoms with Crippen LogP contribution in [0.5, 0.6) is 0 Å². The molecule has 0 saturated carbocycles. The molecule has 0 aliphatic carbocycles. The van der Waals surface area contributed by atoms with Crippen molar-refractivity contribution in [2.24, 2.45) is 0 Å². The molecule has 1 rings (SSSR count). The molecule has 1 N–H and O–H groups in total. The summed E-state index contributed by atoms with van der Waals surface area (Å²) in [6.07, 6.45) is 8.12. The normalized spacial score (nSPS) is 27.2. The Kier molecular flexibility index (Phi) is 7.06. The molecule has 2 unspecified atom stereocenters. The molecule has 2 nitrogen and oxygen atoms in total. The van der Waals surface area contributed by atoms with Gasteiger partial charge >= 0.3 is 0 Å². The van der Waals surface area contributed by atoms with Crippen LogP contribution in [-0.2, 0) is 0 Å². The Morgan fingerprint density at radius 2 is 1.75 bits per heavy atom. The standard InChI is InChI=1S/C14H30N2/c1-4-7-9-13-12-16(6-3)14(11-15-13)10-8-5-2/h13-15H,4-12H2,1-3H3. The van der Waals surface area contributed by atoms with E-state index in [-0.39, 0.29) is 0 Å². The lowest BCUT2D eigenvalue weighted by molar-refractivity contribution is 0.124. The SMILES string of the molecule is CCCCC1CN(CC)C(CCCC)CN1. The molecule has 0 aromatic heterocycles. The Morgan fingerprint density at radius 3 is 2.38 bits per heavy atom. The zero-order valence-electron chi connectivity index (χ0n) is 11.5. The van der Waals surface area contributed by atoms with Crippen LogP contribution in [0.1, 0.15) is 59.3 Å². The van der Waals surface area contributed by atoms with Crippen LogP contribution in [0.3, 0.4) is 0 Å². The van der Waals surface area contributed by atoms with Gasteiger partial charge in [0.1, 0.15) is 0 Å². The smallest absolute Gasteiger partial charge is 0.0221 e. The fourth-order valence-corrected chi connectivity index (χ4v) is 2.68. The molecule has 1 heterocycles. The fourth-order valence-electron chi connectivity index (χ4n) is 2.68. The minimum atomic E-state index is 0.748. The van der Waals surface area contributed by atoms with E-state index in [1.807, 2.05) is 0 Å². The van der Waals surface area contributed by atoms with Crippen LogP contribution in [0.25, 0.3) is 0 Å². The third kappa shape index (κ3) is 4.42. The lowest BCUT2D eigenvalue weighted by Crippen LogP contribution is -2.56. The first-order valence-electron chi connectivity index (χ1n) is 7.29. The first-order valence-corrected chi connectivity index (χ1v) is 7.29. The maximum atomic E-state index is 3.74. The van der Waals surface area contributed by atoms with Gasteiger partial charge in [-0.05, 0) is 19.4 Å². The Morgan fingerprint density at radius 1 is 1.06 bits per heavy atom. The van der Waals surface area contributed by atoms with Crippen LogP contribution in [0.4, 0.5) is 0 Å². The Hall–Kier alpha value is -0.0800. The van der Waals surface area contributed by atoms with Gasteiger partial charge in [-0.2, -0.15) is 0 Å². The van der Waals surface area contributed by atoms with Gasteiger partial charge in [0.25, 0.3) is 0 Å². The lowest BCUT2D eigenvalue weighted by atomic mass is 10.0. The van der Waals surface area contributed by atoms with Crippen molar-refractivity contribution in [2.45, 2.75) is 71.4 Å². The highest BCUT2D eigenvalue weighted by Crippen LogP contribution is 2.15. The predicted octanol–water partition coefficient (Wildman–Crippen LogP) is 3.03. The van der Waals surface area contributed by atoms with Crippen LogP contribution in [0.15, 0.2) is 0 Å². The molecule has 0 radical (unpaired) electrons. The maximum absolute atomic E-state index is 3.74. The van der Waals surface area contributed by atoms with Gasteiger partial charge < -0.3 is 5.32 Å². The van der Waals surface area contributed by atoms with E-state index in [1.165, 1.54) is 58.2 Å². The van der Waals surface area contributed by atoms with Crippen LogP contribution in [0, 0.1) is 0 Å². The summed E-state index contributed by atoms with van der Waals surface area (Å²) in [5.74, 6) is 0. The molecule has 1 aliphatic heterocycles. The van der Waals surface area contributed by atoms with E-state index in [0.29, 0.717) is 0 Å². The van der Waals surface area contributed by atoms with E-state index in [4.69, 9.17) is 0 Å². The highest BCUT2D eigenvalue weighted by molar-refractivity contribution is 4.85. The molecule has 1 saturated heterocycles. The van der Waals surface area contributed by atoms with Crippen molar-refractivity contribution in [2.75, 3.05) is 19.6 Å². The molecule has 0 aromatic carbocycles. The van der Waals surface area contributed by atoms with Gasteiger partial charge in [-0.25, -0.2) is 0 Å². The summed E-state index contributed by atoms with van der Waals surface area (Å²) in [6.45, 7) is 10.6. The molecular weight excluding hydrogens is 196 g/mol. The maximum Gasteiger partial charge on any atom is 0.0221 e. The van der Waals surface area contributed by atoms with E-state index in [0.717, 1.165) is 12.1 Å². The van der Waals surface area contributed by atoms with Crippen LogP contribution in [-0.4, -0.2) is 36.6 Å². The second-order valence-electron chi connectivity index (χ2n) is 5.13. The second kappa shape index (κ2) is 8.08. The lowest BCUT2D eigenvalue weighted by Gasteiger charge is -2.40. The van der Waals surface area contributed by atoms with E-state index in [1.54, 1.807) is 0 Å². The topological polar surface area (TPSA) is 15.3 Å². The molecule has 0 spiro atoms. The molecule has 1 aliphatic rings. The summed E-state index contributed by atoms with van der Waals surface area (Å²) < 4.78 is 0. The van der Waals surface area contributed by atoms with Crippen molar-refractivity contribution in [1.29, 1.82) is 0 Å². The fraction of sp³-hybridized carbons (Fsp3) is 1.00. The van der Waals surface area contributed by atoms with Crippen LogP contribution in [0.2, 0.25) is 0 Å². The van der Waals surface area contributed by atoms with Crippen molar-refractivity contribution in [1.82, 2.24) is 10.2 Å². The third-order valence-electron chi connectivity index (χ3n) is 3.82. The summed E-state index contributed by atoms with van der Waals surface area (Å²) in [7, 11) is 0. The number of piperazine rings is 1. The molecular formula is C14H30N2. The number of unbranched alkanes of at least 4 members (excludes halogenated alkanes) is 2. The highest BCUT2D eigenvalue weighted by atomic mass is 15.2. The third-order valence-corrected chi connectivity index (χ3v) is 3.82. The van der Waals surface area contributed by atoms with Gasteiger partial charge in [-0.1, -0.05) is 46.5 Å². The van der Waals surface area contributed by atoms with Crippen molar-refractivity contribution in [3.8, 4) is 0 Å². The first kappa shape index (κ1) is 14.0. The van der Waals surface area contributed by atoms with E-state index in [2.05, 4.69) is 31.0 Å². The van der Waals surface area contributed by atoms with Gasteiger partial charge in [-0.15, -0.1) is 0 Å². The van der Waals surface area contributed by atoms with Gasteiger partial charge in [0.2, 0.25) is 0 Å². The van der Waals surface area contributed by atoms with Crippen molar-refractivity contribution < 1.29 is 0 Å². The molecule has 1 fully saturated rings. The minimum Gasteiger partial charge on any atom is -0.311 e. The molecule has 0 amide bonds. The zero-order valence-corrected chi connectivity index (χ0v) is 11.5. The van der Waals surface area contributed by atoms with Crippen LogP contribution < -0.4 is 5.32 Å². The van der Waals surface area contributed by atoms with Crippen molar-refractivity contribution >= 4 is 0 Å². The van der Waals surface area contributed by atoms with Gasteiger partial charge in [0.15, 0.2) is 0 Å². The summed E-state index contributed by atoms with van der Waals surface area (Å²) in [4.78, 5) is 2.69. The van der Waals surface area contributed by atoms with Gasteiger partial charge in [0, 0.05) is 25.2 Å². The monoisotopic (exact) mass is 226 g/mol. The Labute approximate surface area is 102 Å². The quantitative estimate of drug-likeness (QED) is 0.718. The summed E-state index contributed by atoms with van der Waals surface area (Å²) >= 11 is 0. The number of likely N-dealkylation sites (N-methyl/N-ethyl adjacent to an activating group) is 1. The second-order valence-corrected chi connectivity index (χ2v) is 5.13. The molecule has 2 heteroatoms. The molecule has 0 aromatic rings. The minimum absolute atomic E-state index is 0.748. The van der Waals surface area contributed by atoms with Crippen molar-refractivity contribution in [3.63, 3.8) is 0 Å². The number of nitrogens with zero attached hydrogens (tertiary/aromatic N) is 1. The summed E-state index contributed by atoms with van der Waals surface area (Å²) in [5, 5.41) is 3.74. The molecule has 2 atom stereocenters. The number of hydrogen-bond acceptors (Lipinski definition) is 2. The number of hydrogen-bond donors (Lipinski definition) is 1. The molecule has 96 valence electrons. The van der Waals surface area contributed by atoms with E-state index >= 15 is 0 Å². The average molecular weight is 226 g/mol. The number of nitrogens with one attached hydrogen (secondary N) is 1. The first-order chi connectivity index (χ1) is 7.81. The molecule has 16 heavy (non-hydrogen) atoms. The summed E-state index contributed by atoms with van der Waals surface area (Å²) in [6, 6.07) is 1.54.